The van der Waals surface area contributed by atoms with Crippen molar-refractivity contribution in [2.45, 2.75) is 26.8 Å². The second-order valence-corrected chi connectivity index (χ2v) is 7.16. The molecule has 3 rings (SSSR count). The third-order valence-electron chi connectivity index (χ3n) is 4.18. The lowest BCUT2D eigenvalue weighted by molar-refractivity contribution is 0.475. The van der Waals surface area contributed by atoms with Crippen molar-refractivity contribution < 1.29 is 4.39 Å². The van der Waals surface area contributed by atoms with Gasteiger partial charge < -0.3 is 5.32 Å². The van der Waals surface area contributed by atoms with E-state index in [-0.39, 0.29) is 16.6 Å². The summed E-state index contributed by atoms with van der Waals surface area (Å²) in [4.78, 5) is 17.9. The predicted molar refractivity (Wildman–Crippen MR) is 104 cm³/mol. The van der Waals surface area contributed by atoms with Gasteiger partial charge in [-0.15, -0.1) is 0 Å². The van der Waals surface area contributed by atoms with Gasteiger partial charge in [0.2, 0.25) is 0 Å². The van der Waals surface area contributed by atoms with Crippen molar-refractivity contribution in [3.63, 3.8) is 0 Å². The van der Waals surface area contributed by atoms with Gasteiger partial charge in [0.15, 0.2) is 0 Å². The maximum atomic E-state index is 13.6. The third-order valence-corrected chi connectivity index (χ3v) is 4.47. The summed E-state index contributed by atoms with van der Waals surface area (Å²) >= 11 is 5.94. The van der Waals surface area contributed by atoms with Crippen molar-refractivity contribution in [3.8, 4) is 5.69 Å². The summed E-state index contributed by atoms with van der Waals surface area (Å²) in [6.45, 7) is 6.97. The Balaban J connectivity index is 2.23. The molecule has 0 aliphatic carbocycles. The van der Waals surface area contributed by atoms with Gasteiger partial charge in [0, 0.05) is 0 Å². The fourth-order valence-corrected chi connectivity index (χ4v) is 2.99. The molecule has 1 atom stereocenters. The lowest BCUT2D eigenvalue weighted by atomic mass is 10.1. The molecule has 0 unspecified atom stereocenters. The lowest BCUT2D eigenvalue weighted by Gasteiger charge is -2.20. The molecule has 4 nitrogen and oxygen atoms in total. The van der Waals surface area contributed by atoms with Crippen LogP contribution in [0.2, 0.25) is 5.02 Å². The first-order valence-electron chi connectivity index (χ1n) is 8.59. The summed E-state index contributed by atoms with van der Waals surface area (Å²) in [5.41, 5.74) is 0.925. The van der Waals surface area contributed by atoms with Crippen molar-refractivity contribution >= 4 is 22.5 Å². The Morgan fingerprint density at radius 3 is 2.62 bits per heavy atom. The molecule has 0 radical (unpaired) electrons. The van der Waals surface area contributed by atoms with Crippen LogP contribution in [0, 0.1) is 11.7 Å². The third kappa shape index (κ3) is 3.64. The first-order valence-corrected chi connectivity index (χ1v) is 8.96. The number of hydrogen-bond acceptors (Lipinski definition) is 3. The zero-order valence-electron chi connectivity index (χ0n) is 15.0. The van der Waals surface area contributed by atoms with Gasteiger partial charge in [-0.3, -0.25) is 9.36 Å². The summed E-state index contributed by atoms with van der Waals surface area (Å²) in [6.07, 6.45) is 0. The normalized spacial score (nSPS) is 12.7. The summed E-state index contributed by atoms with van der Waals surface area (Å²) in [6, 6.07) is 11.3. The van der Waals surface area contributed by atoms with Crippen LogP contribution < -0.4 is 10.9 Å². The Hall–Kier alpha value is -2.24. The van der Waals surface area contributed by atoms with Gasteiger partial charge in [-0.1, -0.05) is 37.6 Å². The minimum atomic E-state index is -0.523. The zero-order valence-corrected chi connectivity index (χ0v) is 15.7. The quantitative estimate of drug-likeness (QED) is 0.717. The molecule has 3 aromatic rings. The maximum absolute atomic E-state index is 13.6. The van der Waals surface area contributed by atoms with Gasteiger partial charge in [0.25, 0.3) is 5.56 Å². The molecule has 0 aliphatic rings. The molecule has 0 saturated heterocycles. The minimum Gasteiger partial charge on any atom is -0.307 e. The second kappa shape index (κ2) is 7.56. The first kappa shape index (κ1) is 18.5. The van der Waals surface area contributed by atoms with E-state index in [0.717, 1.165) is 6.54 Å². The van der Waals surface area contributed by atoms with E-state index in [4.69, 9.17) is 16.6 Å². The fourth-order valence-electron chi connectivity index (χ4n) is 2.82. The predicted octanol–water partition coefficient (Wildman–Crippen LogP) is 4.48. The number of para-hydroxylation sites is 1. The topological polar surface area (TPSA) is 46.9 Å². The van der Waals surface area contributed by atoms with Crippen LogP contribution in [0.25, 0.3) is 16.6 Å². The van der Waals surface area contributed by atoms with E-state index in [1.165, 1.54) is 22.8 Å². The molecule has 0 amide bonds. The molecule has 26 heavy (non-hydrogen) atoms. The monoisotopic (exact) mass is 373 g/mol. The van der Waals surface area contributed by atoms with E-state index in [0.29, 0.717) is 28.3 Å². The summed E-state index contributed by atoms with van der Waals surface area (Å²) in [5, 5.41) is 3.87. The number of aromatic nitrogens is 2. The van der Waals surface area contributed by atoms with Crippen molar-refractivity contribution in [3.05, 3.63) is 69.5 Å². The van der Waals surface area contributed by atoms with Gasteiger partial charge in [-0.2, -0.15) is 0 Å². The van der Waals surface area contributed by atoms with Crippen LogP contribution >= 0.6 is 11.6 Å². The second-order valence-electron chi connectivity index (χ2n) is 6.75. The molecule has 2 aromatic carbocycles. The Kier molecular flexibility index (Phi) is 5.39. The van der Waals surface area contributed by atoms with E-state index >= 15 is 0 Å². The number of nitrogens with zero attached hydrogens (tertiary/aromatic N) is 2. The standard InChI is InChI=1S/C20H21ClFN3O/c1-12(2)11-23-13(3)19-24-18-7-5-4-6-15(18)20(26)25(19)14-8-9-17(22)16(21)10-14/h4-10,12-13,23H,11H2,1-3H3/t13-/m1/s1. The zero-order chi connectivity index (χ0) is 18.8. The largest absolute Gasteiger partial charge is 0.307 e. The highest BCUT2D eigenvalue weighted by atomic mass is 35.5. The van der Waals surface area contributed by atoms with Crippen LogP contribution in [0.5, 0.6) is 0 Å². The van der Waals surface area contributed by atoms with E-state index in [1.807, 2.05) is 19.1 Å². The van der Waals surface area contributed by atoms with Crippen LogP contribution in [0.15, 0.2) is 47.3 Å². The highest BCUT2D eigenvalue weighted by Crippen LogP contribution is 2.22. The van der Waals surface area contributed by atoms with Crippen LogP contribution in [-0.4, -0.2) is 16.1 Å². The highest BCUT2D eigenvalue weighted by Gasteiger charge is 2.18. The lowest BCUT2D eigenvalue weighted by Crippen LogP contribution is -2.31. The molecule has 1 heterocycles. The number of halogens is 2. The van der Waals surface area contributed by atoms with Crippen LogP contribution in [0.3, 0.4) is 0 Å². The molecule has 0 fully saturated rings. The molecule has 0 spiro atoms. The van der Waals surface area contributed by atoms with Gasteiger partial charge in [-0.25, -0.2) is 9.37 Å². The SMILES string of the molecule is CC(C)CN[C@H](C)c1nc2ccccc2c(=O)n1-c1ccc(F)c(Cl)c1. The maximum Gasteiger partial charge on any atom is 0.266 e. The number of hydrogen-bond donors (Lipinski definition) is 1. The number of rotatable bonds is 5. The number of benzene rings is 2. The minimum absolute atomic E-state index is 0.0312. The van der Waals surface area contributed by atoms with Crippen molar-refractivity contribution in [1.82, 2.24) is 14.9 Å². The molecule has 0 saturated carbocycles. The van der Waals surface area contributed by atoms with E-state index in [1.54, 1.807) is 12.1 Å². The Bertz CT molecular complexity index is 1000. The highest BCUT2D eigenvalue weighted by molar-refractivity contribution is 6.30. The first-order chi connectivity index (χ1) is 12.4. The van der Waals surface area contributed by atoms with Gasteiger partial charge in [0.05, 0.1) is 27.7 Å². The molecule has 1 N–H and O–H groups in total. The molecular weight excluding hydrogens is 353 g/mol. The van der Waals surface area contributed by atoms with Gasteiger partial charge in [0.1, 0.15) is 11.6 Å². The molecule has 6 heteroatoms. The molecule has 1 aromatic heterocycles. The van der Waals surface area contributed by atoms with Crippen LogP contribution in [0.4, 0.5) is 4.39 Å². The molecule has 0 aliphatic heterocycles. The van der Waals surface area contributed by atoms with Crippen LogP contribution in [-0.2, 0) is 0 Å². The molecule has 0 bridgehead atoms. The fraction of sp³-hybridized carbons (Fsp3) is 0.300. The average molecular weight is 374 g/mol. The van der Waals surface area contributed by atoms with Gasteiger partial charge in [-0.05, 0) is 49.7 Å². The molecular formula is C20H21ClFN3O. The van der Waals surface area contributed by atoms with Crippen molar-refractivity contribution in [2.75, 3.05) is 6.54 Å². The van der Waals surface area contributed by atoms with Gasteiger partial charge >= 0.3 is 0 Å². The Morgan fingerprint density at radius 2 is 1.92 bits per heavy atom. The Morgan fingerprint density at radius 1 is 1.19 bits per heavy atom. The average Bonchev–Trinajstić information content (AvgIpc) is 2.62. The van der Waals surface area contributed by atoms with E-state index < -0.39 is 5.82 Å². The molecule has 136 valence electrons. The number of fused-ring (bicyclic) bond motifs is 1. The van der Waals surface area contributed by atoms with Crippen molar-refractivity contribution in [1.29, 1.82) is 0 Å². The van der Waals surface area contributed by atoms with E-state index in [2.05, 4.69) is 19.2 Å². The van der Waals surface area contributed by atoms with Crippen LogP contribution in [0.1, 0.15) is 32.6 Å². The summed E-state index contributed by atoms with van der Waals surface area (Å²) in [5.74, 6) is 0.500. The van der Waals surface area contributed by atoms with E-state index in [9.17, 15) is 9.18 Å². The Labute approximate surface area is 156 Å². The summed E-state index contributed by atoms with van der Waals surface area (Å²) < 4.78 is 15.1. The van der Waals surface area contributed by atoms with Crippen molar-refractivity contribution in [2.24, 2.45) is 5.92 Å². The number of nitrogens with one attached hydrogen (secondary N) is 1. The smallest absolute Gasteiger partial charge is 0.266 e. The summed E-state index contributed by atoms with van der Waals surface area (Å²) in [7, 11) is 0.